The summed E-state index contributed by atoms with van der Waals surface area (Å²) in [6.07, 6.45) is 4.20. The summed E-state index contributed by atoms with van der Waals surface area (Å²) >= 11 is 6.31. The summed E-state index contributed by atoms with van der Waals surface area (Å²) in [5, 5.41) is -0.168. The van der Waals surface area contributed by atoms with Gasteiger partial charge >= 0.3 is 0 Å². The third kappa shape index (κ3) is 3.04. The Hall–Kier alpha value is -1.41. The SMILES string of the molecule is Cc1ccc(CC(Cl)c2ncccn2)cc1C. The van der Waals surface area contributed by atoms with E-state index in [0.29, 0.717) is 5.82 Å². The number of alkyl halides is 1. The Morgan fingerprint density at radius 1 is 1.12 bits per heavy atom. The van der Waals surface area contributed by atoms with Crippen LogP contribution < -0.4 is 0 Å². The van der Waals surface area contributed by atoms with Gasteiger partial charge < -0.3 is 0 Å². The van der Waals surface area contributed by atoms with Crippen LogP contribution in [0.1, 0.15) is 27.9 Å². The molecule has 0 spiro atoms. The average molecular weight is 247 g/mol. The minimum absolute atomic E-state index is 0.168. The van der Waals surface area contributed by atoms with Crippen LogP contribution in [0.25, 0.3) is 0 Å². The van der Waals surface area contributed by atoms with Crippen molar-refractivity contribution in [2.75, 3.05) is 0 Å². The first-order chi connectivity index (χ1) is 8.16. The lowest BCUT2D eigenvalue weighted by Gasteiger charge is -2.09. The average Bonchev–Trinajstić information content (AvgIpc) is 2.35. The topological polar surface area (TPSA) is 25.8 Å². The quantitative estimate of drug-likeness (QED) is 0.773. The molecule has 0 radical (unpaired) electrons. The smallest absolute Gasteiger partial charge is 0.146 e. The molecular weight excluding hydrogens is 232 g/mol. The monoisotopic (exact) mass is 246 g/mol. The molecule has 3 heteroatoms. The summed E-state index contributed by atoms with van der Waals surface area (Å²) in [5.74, 6) is 0.687. The number of halogens is 1. The number of aromatic nitrogens is 2. The van der Waals surface area contributed by atoms with Crippen molar-refractivity contribution in [3.63, 3.8) is 0 Å². The molecule has 0 amide bonds. The van der Waals surface area contributed by atoms with Gasteiger partial charge in [-0.15, -0.1) is 11.6 Å². The van der Waals surface area contributed by atoms with Gasteiger partial charge in [0.25, 0.3) is 0 Å². The first-order valence-corrected chi connectivity index (χ1v) is 6.07. The first kappa shape index (κ1) is 12.1. The van der Waals surface area contributed by atoms with Crippen molar-refractivity contribution in [1.82, 2.24) is 9.97 Å². The molecule has 17 heavy (non-hydrogen) atoms. The zero-order valence-electron chi connectivity index (χ0n) is 10.0. The second kappa shape index (κ2) is 5.28. The van der Waals surface area contributed by atoms with E-state index in [1.807, 2.05) is 0 Å². The van der Waals surface area contributed by atoms with E-state index in [1.165, 1.54) is 16.7 Å². The van der Waals surface area contributed by atoms with Crippen LogP contribution in [0.4, 0.5) is 0 Å². The summed E-state index contributed by atoms with van der Waals surface area (Å²) in [6, 6.07) is 8.21. The second-order valence-electron chi connectivity index (χ2n) is 4.20. The Kier molecular flexibility index (Phi) is 3.75. The fourth-order valence-electron chi connectivity index (χ4n) is 1.70. The van der Waals surface area contributed by atoms with Crippen molar-refractivity contribution in [1.29, 1.82) is 0 Å². The van der Waals surface area contributed by atoms with Gasteiger partial charge in [-0.3, -0.25) is 0 Å². The molecule has 2 aromatic rings. The number of benzene rings is 1. The van der Waals surface area contributed by atoms with E-state index in [0.717, 1.165) is 6.42 Å². The maximum absolute atomic E-state index is 6.31. The molecule has 0 aliphatic rings. The molecule has 0 bridgehead atoms. The lowest BCUT2D eigenvalue weighted by Crippen LogP contribution is -2.01. The highest BCUT2D eigenvalue weighted by Gasteiger charge is 2.11. The third-order valence-electron chi connectivity index (χ3n) is 2.85. The summed E-state index contributed by atoms with van der Waals surface area (Å²) in [4.78, 5) is 8.34. The van der Waals surface area contributed by atoms with Gasteiger partial charge in [-0.05, 0) is 43.0 Å². The lowest BCUT2D eigenvalue weighted by atomic mass is 10.0. The van der Waals surface area contributed by atoms with Crippen LogP contribution in [0.15, 0.2) is 36.7 Å². The minimum Gasteiger partial charge on any atom is -0.240 e. The summed E-state index contributed by atoms with van der Waals surface area (Å²) in [7, 11) is 0. The van der Waals surface area contributed by atoms with E-state index >= 15 is 0 Å². The van der Waals surface area contributed by atoms with Crippen molar-refractivity contribution in [2.45, 2.75) is 25.6 Å². The maximum atomic E-state index is 6.31. The summed E-state index contributed by atoms with van der Waals surface area (Å²) < 4.78 is 0. The van der Waals surface area contributed by atoms with Crippen LogP contribution in [0.2, 0.25) is 0 Å². The van der Waals surface area contributed by atoms with Crippen LogP contribution in [0.5, 0.6) is 0 Å². The van der Waals surface area contributed by atoms with E-state index in [-0.39, 0.29) is 5.38 Å². The maximum Gasteiger partial charge on any atom is 0.146 e. The van der Waals surface area contributed by atoms with Gasteiger partial charge in [-0.2, -0.15) is 0 Å². The van der Waals surface area contributed by atoms with E-state index in [2.05, 4.69) is 42.0 Å². The van der Waals surface area contributed by atoms with Crippen molar-refractivity contribution >= 4 is 11.6 Å². The fraction of sp³-hybridized carbons (Fsp3) is 0.286. The Labute approximate surface area is 107 Å². The number of nitrogens with zero attached hydrogens (tertiary/aromatic N) is 2. The molecule has 88 valence electrons. The van der Waals surface area contributed by atoms with Gasteiger partial charge in [0, 0.05) is 12.4 Å². The van der Waals surface area contributed by atoms with Gasteiger partial charge in [0.1, 0.15) is 5.82 Å². The molecule has 1 aromatic carbocycles. The van der Waals surface area contributed by atoms with Gasteiger partial charge in [-0.1, -0.05) is 18.2 Å². The molecule has 0 aliphatic carbocycles. The molecule has 0 fully saturated rings. The highest BCUT2D eigenvalue weighted by atomic mass is 35.5. The second-order valence-corrected chi connectivity index (χ2v) is 4.72. The van der Waals surface area contributed by atoms with Crippen molar-refractivity contribution in [3.8, 4) is 0 Å². The molecule has 0 saturated heterocycles. The van der Waals surface area contributed by atoms with Crippen molar-refractivity contribution in [2.24, 2.45) is 0 Å². The van der Waals surface area contributed by atoms with Crippen LogP contribution >= 0.6 is 11.6 Å². The first-order valence-electron chi connectivity index (χ1n) is 5.64. The van der Waals surface area contributed by atoms with Crippen LogP contribution in [0.3, 0.4) is 0 Å². The Morgan fingerprint density at radius 2 is 1.82 bits per heavy atom. The Balaban J connectivity index is 2.13. The van der Waals surface area contributed by atoms with Crippen LogP contribution in [0, 0.1) is 13.8 Å². The minimum atomic E-state index is -0.168. The number of hydrogen-bond acceptors (Lipinski definition) is 2. The summed E-state index contributed by atoms with van der Waals surface area (Å²) in [6.45, 7) is 4.22. The fourth-order valence-corrected chi connectivity index (χ4v) is 1.99. The predicted octanol–water partition coefficient (Wildman–Crippen LogP) is 3.62. The molecule has 1 aromatic heterocycles. The highest BCUT2D eigenvalue weighted by molar-refractivity contribution is 6.20. The molecule has 2 rings (SSSR count). The highest BCUT2D eigenvalue weighted by Crippen LogP contribution is 2.22. The van der Waals surface area contributed by atoms with E-state index < -0.39 is 0 Å². The zero-order valence-corrected chi connectivity index (χ0v) is 10.8. The largest absolute Gasteiger partial charge is 0.240 e. The standard InChI is InChI=1S/C14H15ClN2/c1-10-4-5-12(8-11(10)2)9-13(15)14-16-6-3-7-17-14/h3-8,13H,9H2,1-2H3. The zero-order chi connectivity index (χ0) is 12.3. The normalized spacial score (nSPS) is 12.4. The molecule has 0 saturated carbocycles. The summed E-state index contributed by atoms with van der Waals surface area (Å²) in [5.41, 5.74) is 3.82. The van der Waals surface area contributed by atoms with E-state index in [1.54, 1.807) is 18.5 Å². The van der Waals surface area contributed by atoms with Gasteiger partial charge in [-0.25, -0.2) is 9.97 Å². The predicted molar refractivity (Wildman–Crippen MR) is 70.2 cm³/mol. The lowest BCUT2D eigenvalue weighted by molar-refractivity contribution is 0.825. The molecule has 0 aliphatic heterocycles. The third-order valence-corrected chi connectivity index (χ3v) is 3.20. The number of aryl methyl sites for hydroxylation is 2. The molecular formula is C14H15ClN2. The van der Waals surface area contributed by atoms with Gasteiger partial charge in [0.05, 0.1) is 5.38 Å². The molecule has 1 unspecified atom stereocenters. The Bertz CT molecular complexity index is 497. The number of rotatable bonds is 3. The van der Waals surface area contributed by atoms with Gasteiger partial charge in [0.2, 0.25) is 0 Å². The Morgan fingerprint density at radius 3 is 2.47 bits per heavy atom. The van der Waals surface area contributed by atoms with Gasteiger partial charge in [0.15, 0.2) is 0 Å². The van der Waals surface area contributed by atoms with Crippen molar-refractivity contribution in [3.05, 3.63) is 59.2 Å². The number of hydrogen-bond donors (Lipinski definition) is 0. The molecule has 0 N–H and O–H groups in total. The molecule has 1 atom stereocenters. The van der Waals surface area contributed by atoms with Crippen LogP contribution in [-0.2, 0) is 6.42 Å². The van der Waals surface area contributed by atoms with E-state index in [9.17, 15) is 0 Å². The molecule has 2 nitrogen and oxygen atoms in total. The molecule has 1 heterocycles. The van der Waals surface area contributed by atoms with E-state index in [4.69, 9.17) is 11.6 Å². The van der Waals surface area contributed by atoms with Crippen LogP contribution in [-0.4, -0.2) is 9.97 Å². The van der Waals surface area contributed by atoms with Crippen molar-refractivity contribution < 1.29 is 0 Å².